The highest BCUT2D eigenvalue weighted by Crippen LogP contribution is 2.28. The molecule has 0 aliphatic heterocycles. The number of benzene rings is 2. The number of halogens is 2. The summed E-state index contributed by atoms with van der Waals surface area (Å²) in [5.41, 5.74) is 1.97. The second kappa shape index (κ2) is 7.09. The second-order valence-electron chi connectivity index (χ2n) is 4.70. The van der Waals surface area contributed by atoms with Crippen molar-refractivity contribution in [3.63, 3.8) is 0 Å². The molecule has 4 heteroatoms. The van der Waals surface area contributed by atoms with Gasteiger partial charge >= 0.3 is 0 Å². The first kappa shape index (κ1) is 15.3. The normalized spacial score (nSPS) is 14.0. The molecule has 2 nitrogen and oxygen atoms in total. The third-order valence-corrected chi connectivity index (χ3v) is 3.84. The smallest absolute Gasteiger partial charge is 0.0626 e. The fourth-order valence-electron chi connectivity index (χ4n) is 2.18. The number of rotatable bonds is 5. The summed E-state index contributed by atoms with van der Waals surface area (Å²) in [7, 11) is 0. The first-order valence-corrected chi connectivity index (χ1v) is 7.24. The number of hydrogen-bond donors (Lipinski definition) is 2. The highest BCUT2D eigenvalue weighted by molar-refractivity contribution is 6.33. The summed E-state index contributed by atoms with van der Waals surface area (Å²) in [5.74, 6) is 0. The van der Waals surface area contributed by atoms with Gasteiger partial charge in [0.05, 0.1) is 12.6 Å². The molecule has 106 valence electrons. The summed E-state index contributed by atoms with van der Waals surface area (Å²) < 4.78 is 0. The monoisotopic (exact) mass is 309 g/mol. The molecule has 2 aromatic rings. The lowest BCUT2D eigenvalue weighted by atomic mass is 10.0. The molecule has 0 aromatic heterocycles. The van der Waals surface area contributed by atoms with Gasteiger partial charge in [-0.3, -0.25) is 0 Å². The van der Waals surface area contributed by atoms with Crippen molar-refractivity contribution in [2.45, 2.75) is 19.0 Å². The molecule has 0 radical (unpaired) electrons. The van der Waals surface area contributed by atoms with Crippen LogP contribution in [0, 0.1) is 0 Å². The molecule has 0 saturated heterocycles. The van der Waals surface area contributed by atoms with Crippen molar-refractivity contribution in [2.24, 2.45) is 0 Å². The Hall–Kier alpha value is -1.06. The van der Waals surface area contributed by atoms with Gasteiger partial charge in [-0.25, -0.2) is 0 Å². The van der Waals surface area contributed by atoms with Gasteiger partial charge in [0.2, 0.25) is 0 Å². The minimum absolute atomic E-state index is 0.0152. The van der Waals surface area contributed by atoms with E-state index < -0.39 is 0 Å². The highest BCUT2D eigenvalue weighted by Gasteiger charge is 2.16. The zero-order valence-electron chi connectivity index (χ0n) is 11.2. The fraction of sp³-hybridized carbons (Fsp3) is 0.250. The third-order valence-electron chi connectivity index (χ3n) is 3.26. The first-order valence-electron chi connectivity index (χ1n) is 6.48. The van der Waals surface area contributed by atoms with Crippen LogP contribution in [0.4, 0.5) is 0 Å². The Bertz CT molecular complexity index is 560. The Balaban J connectivity index is 2.17. The van der Waals surface area contributed by atoms with Crippen LogP contribution in [-0.4, -0.2) is 11.7 Å². The molecular formula is C16H17Cl2NO. The minimum Gasteiger partial charge on any atom is -0.394 e. The molecule has 2 rings (SSSR count). The van der Waals surface area contributed by atoms with Gasteiger partial charge in [0, 0.05) is 16.1 Å². The maximum atomic E-state index is 9.58. The topological polar surface area (TPSA) is 32.3 Å². The van der Waals surface area contributed by atoms with E-state index >= 15 is 0 Å². The zero-order valence-corrected chi connectivity index (χ0v) is 12.7. The van der Waals surface area contributed by atoms with E-state index in [-0.39, 0.29) is 18.7 Å². The fourth-order valence-corrected chi connectivity index (χ4v) is 2.64. The first-order chi connectivity index (χ1) is 9.61. The van der Waals surface area contributed by atoms with Crippen LogP contribution in [0.5, 0.6) is 0 Å². The van der Waals surface area contributed by atoms with Crippen LogP contribution in [0.2, 0.25) is 10.0 Å². The van der Waals surface area contributed by atoms with Crippen molar-refractivity contribution in [3.05, 3.63) is 69.7 Å². The summed E-state index contributed by atoms with van der Waals surface area (Å²) in [5, 5.41) is 14.3. The maximum absolute atomic E-state index is 9.58. The molecule has 0 amide bonds. The van der Waals surface area contributed by atoms with E-state index in [4.69, 9.17) is 23.2 Å². The predicted molar refractivity (Wildman–Crippen MR) is 84.3 cm³/mol. The van der Waals surface area contributed by atoms with Crippen molar-refractivity contribution >= 4 is 23.2 Å². The molecule has 0 saturated carbocycles. The van der Waals surface area contributed by atoms with Crippen LogP contribution in [0.15, 0.2) is 48.5 Å². The van der Waals surface area contributed by atoms with Gasteiger partial charge < -0.3 is 10.4 Å². The van der Waals surface area contributed by atoms with Gasteiger partial charge in [0.15, 0.2) is 0 Å². The second-order valence-corrected chi connectivity index (χ2v) is 5.54. The zero-order chi connectivity index (χ0) is 14.5. The van der Waals surface area contributed by atoms with Gasteiger partial charge in [0.25, 0.3) is 0 Å². The molecule has 2 N–H and O–H groups in total. The summed E-state index contributed by atoms with van der Waals surface area (Å²) in [6.07, 6.45) is 0. The van der Waals surface area contributed by atoms with Gasteiger partial charge in [-0.1, -0.05) is 53.5 Å². The number of nitrogens with one attached hydrogen (secondary N) is 1. The lowest BCUT2D eigenvalue weighted by Crippen LogP contribution is -2.27. The van der Waals surface area contributed by atoms with E-state index in [1.807, 2.05) is 43.3 Å². The predicted octanol–water partition coefficient (Wildman–Crippen LogP) is 4.38. The van der Waals surface area contributed by atoms with Crippen LogP contribution < -0.4 is 5.32 Å². The van der Waals surface area contributed by atoms with Crippen LogP contribution in [0.3, 0.4) is 0 Å². The molecule has 0 aliphatic carbocycles. The van der Waals surface area contributed by atoms with E-state index in [1.165, 1.54) is 0 Å². The Kier molecular flexibility index (Phi) is 5.44. The average molecular weight is 310 g/mol. The van der Waals surface area contributed by atoms with Crippen molar-refractivity contribution in [1.82, 2.24) is 5.32 Å². The molecule has 0 heterocycles. The Morgan fingerprint density at radius 1 is 1.10 bits per heavy atom. The molecule has 0 fully saturated rings. The molecule has 2 atom stereocenters. The average Bonchev–Trinajstić information content (AvgIpc) is 2.48. The van der Waals surface area contributed by atoms with Crippen LogP contribution in [0.25, 0.3) is 0 Å². The number of aliphatic hydroxyl groups is 1. The molecular weight excluding hydrogens is 293 g/mol. The number of aliphatic hydroxyl groups excluding tert-OH is 1. The maximum Gasteiger partial charge on any atom is 0.0626 e. The molecule has 2 aromatic carbocycles. The highest BCUT2D eigenvalue weighted by atomic mass is 35.5. The van der Waals surface area contributed by atoms with Crippen molar-refractivity contribution in [2.75, 3.05) is 6.61 Å². The lowest BCUT2D eigenvalue weighted by Gasteiger charge is -2.23. The minimum atomic E-state index is -0.138. The Labute approximate surface area is 129 Å². The quantitative estimate of drug-likeness (QED) is 0.859. The van der Waals surface area contributed by atoms with Crippen LogP contribution in [0.1, 0.15) is 30.1 Å². The molecule has 20 heavy (non-hydrogen) atoms. The largest absolute Gasteiger partial charge is 0.394 e. The van der Waals surface area contributed by atoms with E-state index in [2.05, 4.69) is 5.32 Å². The van der Waals surface area contributed by atoms with Crippen molar-refractivity contribution in [1.29, 1.82) is 0 Å². The lowest BCUT2D eigenvalue weighted by molar-refractivity contribution is 0.235. The summed E-state index contributed by atoms with van der Waals surface area (Å²) in [6, 6.07) is 15.1. The van der Waals surface area contributed by atoms with E-state index in [0.29, 0.717) is 10.0 Å². The van der Waals surface area contributed by atoms with Gasteiger partial charge in [-0.2, -0.15) is 0 Å². The SMILES string of the molecule is CC(N[C@H](CO)c1ccccc1)c1cc(Cl)ccc1Cl. The Morgan fingerprint density at radius 2 is 1.80 bits per heavy atom. The Morgan fingerprint density at radius 3 is 2.45 bits per heavy atom. The van der Waals surface area contributed by atoms with Crippen LogP contribution >= 0.6 is 23.2 Å². The van der Waals surface area contributed by atoms with Crippen molar-refractivity contribution < 1.29 is 5.11 Å². The standard InChI is InChI=1S/C16H17Cl2NO/c1-11(14-9-13(17)7-8-15(14)18)19-16(10-20)12-5-3-2-4-6-12/h2-9,11,16,19-20H,10H2,1H3/t11?,16-/m1/s1. The molecule has 1 unspecified atom stereocenters. The summed E-state index contributed by atoms with van der Waals surface area (Å²) in [6.45, 7) is 2.02. The van der Waals surface area contributed by atoms with E-state index in [9.17, 15) is 5.11 Å². The van der Waals surface area contributed by atoms with E-state index in [1.54, 1.807) is 12.1 Å². The van der Waals surface area contributed by atoms with E-state index in [0.717, 1.165) is 11.1 Å². The van der Waals surface area contributed by atoms with Gasteiger partial charge in [-0.15, -0.1) is 0 Å². The summed E-state index contributed by atoms with van der Waals surface area (Å²) >= 11 is 12.2. The van der Waals surface area contributed by atoms with Gasteiger partial charge in [-0.05, 0) is 36.2 Å². The van der Waals surface area contributed by atoms with Crippen LogP contribution in [-0.2, 0) is 0 Å². The number of hydrogen-bond acceptors (Lipinski definition) is 2. The van der Waals surface area contributed by atoms with Crippen molar-refractivity contribution in [3.8, 4) is 0 Å². The molecule has 0 spiro atoms. The van der Waals surface area contributed by atoms with Gasteiger partial charge in [0.1, 0.15) is 0 Å². The molecule has 0 bridgehead atoms. The molecule has 0 aliphatic rings. The third kappa shape index (κ3) is 3.74. The summed E-state index contributed by atoms with van der Waals surface area (Å²) in [4.78, 5) is 0.